The maximum Gasteiger partial charge on any atom is 0.234 e. The number of hydrogen-bond donors (Lipinski definition) is 2. The molecule has 1 amide bonds. The highest BCUT2D eigenvalue weighted by Crippen LogP contribution is 2.51. The number of rotatable bonds is 8. The topological polar surface area (TPSA) is 71.0 Å². The van der Waals surface area contributed by atoms with Crippen molar-refractivity contribution >= 4 is 5.91 Å². The molecule has 2 N–H and O–H groups in total. The number of fused-ring (bicyclic) bond motifs is 1. The molecule has 1 aliphatic carbocycles. The normalized spacial score (nSPS) is 27.2. The number of piperidine rings is 1. The molecule has 29 heavy (non-hydrogen) atoms. The van der Waals surface area contributed by atoms with E-state index in [2.05, 4.69) is 17.1 Å². The molecule has 0 radical (unpaired) electrons. The van der Waals surface area contributed by atoms with Crippen LogP contribution in [0.5, 0.6) is 11.5 Å². The number of nitrogens with zero attached hydrogens (tertiary/aromatic N) is 1. The molecular formula is C23H36N2O4. The zero-order valence-electron chi connectivity index (χ0n) is 18.1. The number of amides is 1. The minimum atomic E-state index is -0.674. The molecule has 1 aliphatic heterocycles. The number of aliphatic hydroxyl groups is 1. The third-order valence-corrected chi connectivity index (χ3v) is 6.63. The largest absolute Gasteiger partial charge is 0.497 e. The molecule has 3 rings (SSSR count). The first-order valence-electron chi connectivity index (χ1n) is 11.0. The quantitative estimate of drug-likeness (QED) is 0.651. The van der Waals surface area contributed by atoms with Crippen molar-refractivity contribution in [3.8, 4) is 11.5 Å². The molecule has 0 spiro atoms. The van der Waals surface area contributed by atoms with Crippen molar-refractivity contribution in [1.29, 1.82) is 0 Å². The SMILES string of the molecule is CCCCNC(=O)CN1CC[C@]2(O)CCCC[C@H]2[C@H]1c1cc(OC)ccc1OC. The fourth-order valence-corrected chi connectivity index (χ4v) is 5.05. The number of nitrogens with one attached hydrogen (secondary N) is 1. The van der Waals surface area contributed by atoms with Crippen molar-refractivity contribution < 1.29 is 19.4 Å². The van der Waals surface area contributed by atoms with E-state index in [4.69, 9.17) is 9.47 Å². The predicted octanol–water partition coefficient (Wildman–Crippen LogP) is 3.29. The lowest BCUT2D eigenvalue weighted by Crippen LogP contribution is -2.56. The summed E-state index contributed by atoms with van der Waals surface area (Å²) in [5.41, 5.74) is 0.324. The number of unbranched alkanes of at least 4 members (excludes halogenated alkanes) is 1. The molecule has 1 saturated carbocycles. The lowest BCUT2D eigenvalue weighted by atomic mass is 9.66. The van der Waals surface area contributed by atoms with Gasteiger partial charge in [0.1, 0.15) is 11.5 Å². The Morgan fingerprint density at radius 1 is 1.28 bits per heavy atom. The van der Waals surface area contributed by atoms with Gasteiger partial charge in [0.2, 0.25) is 5.91 Å². The van der Waals surface area contributed by atoms with Gasteiger partial charge in [-0.15, -0.1) is 0 Å². The lowest BCUT2D eigenvalue weighted by molar-refractivity contribution is -0.138. The van der Waals surface area contributed by atoms with Gasteiger partial charge in [-0.1, -0.05) is 26.2 Å². The maximum atomic E-state index is 12.6. The van der Waals surface area contributed by atoms with Crippen molar-refractivity contribution in [2.45, 2.75) is 63.5 Å². The van der Waals surface area contributed by atoms with Crippen LogP contribution < -0.4 is 14.8 Å². The van der Waals surface area contributed by atoms with E-state index in [0.717, 1.165) is 55.6 Å². The fourth-order valence-electron chi connectivity index (χ4n) is 5.05. The Morgan fingerprint density at radius 3 is 2.83 bits per heavy atom. The highest BCUT2D eigenvalue weighted by molar-refractivity contribution is 5.78. The molecule has 162 valence electrons. The Morgan fingerprint density at radius 2 is 2.10 bits per heavy atom. The van der Waals surface area contributed by atoms with Gasteiger partial charge in [0.05, 0.1) is 26.4 Å². The van der Waals surface area contributed by atoms with Crippen LogP contribution in [-0.4, -0.2) is 55.4 Å². The molecule has 6 heteroatoms. The summed E-state index contributed by atoms with van der Waals surface area (Å²) in [4.78, 5) is 14.8. The number of ether oxygens (including phenoxy) is 2. The predicted molar refractivity (Wildman–Crippen MR) is 113 cm³/mol. The van der Waals surface area contributed by atoms with Gasteiger partial charge in [-0.05, 0) is 43.9 Å². The Bertz CT molecular complexity index is 695. The van der Waals surface area contributed by atoms with E-state index >= 15 is 0 Å². The van der Waals surface area contributed by atoms with Gasteiger partial charge in [0, 0.05) is 30.6 Å². The zero-order valence-corrected chi connectivity index (χ0v) is 18.1. The number of hydrogen-bond acceptors (Lipinski definition) is 5. The summed E-state index contributed by atoms with van der Waals surface area (Å²) in [6.07, 6.45) is 6.71. The van der Waals surface area contributed by atoms with Gasteiger partial charge in [0.25, 0.3) is 0 Å². The van der Waals surface area contributed by atoms with E-state index in [1.807, 2.05) is 18.2 Å². The van der Waals surface area contributed by atoms with Crippen LogP contribution in [0.25, 0.3) is 0 Å². The van der Waals surface area contributed by atoms with E-state index < -0.39 is 5.60 Å². The first-order valence-corrected chi connectivity index (χ1v) is 11.0. The molecule has 2 fully saturated rings. The molecule has 0 bridgehead atoms. The molecule has 0 aromatic heterocycles. The van der Waals surface area contributed by atoms with E-state index in [1.165, 1.54) is 0 Å². The summed E-state index contributed by atoms with van der Waals surface area (Å²) in [6.45, 7) is 3.86. The number of benzene rings is 1. The Balaban J connectivity index is 1.92. The second-order valence-corrected chi connectivity index (χ2v) is 8.43. The Hall–Kier alpha value is -1.79. The van der Waals surface area contributed by atoms with E-state index in [1.54, 1.807) is 14.2 Å². The average molecular weight is 405 g/mol. The van der Waals surface area contributed by atoms with E-state index in [0.29, 0.717) is 26.1 Å². The van der Waals surface area contributed by atoms with Gasteiger partial charge in [-0.3, -0.25) is 9.69 Å². The first-order chi connectivity index (χ1) is 14.0. The van der Waals surface area contributed by atoms with Gasteiger partial charge in [-0.25, -0.2) is 0 Å². The van der Waals surface area contributed by atoms with E-state index in [-0.39, 0.29) is 17.9 Å². The Labute approximate surface area is 174 Å². The monoisotopic (exact) mass is 404 g/mol. The summed E-state index contributed by atoms with van der Waals surface area (Å²) >= 11 is 0. The Kier molecular flexibility index (Phi) is 7.41. The molecule has 1 aromatic rings. The van der Waals surface area contributed by atoms with Crippen LogP contribution in [0.4, 0.5) is 0 Å². The molecule has 6 nitrogen and oxygen atoms in total. The highest BCUT2D eigenvalue weighted by Gasteiger charge is 2.49. The van der Waals surface area contributed by atoms with Crippen LogP contribution in [0.2, 0.25) is 0 Å². The molecule has 3 atom stereocenters. The van der Waals surface area contributed by atoms with Crippen molar-refractivity contribution in [1.82, 2.24) is 10.2 Å². The molecule has 1 aromatic carbocycles. The summed E-state index contributed by atoms with van der Waals surface area (Å²) in [5, 5.41) is 14.5. The molecular weight excluding hydrogens is 368 g/mol. The highest BCUT2D eigenvalue weighted by atomic mass is 16.5. The van der Waals surface area contributed by atoms with Crippen molar-refractivity contribution in [2.24, 2.45) is 5.92 Å². The fraction of sp³-hybridized carbons (Fsp3) is 0.696. The summed E-state index contributed by atoms with van der Waals surface area (Å²) < 4.78 is 11.2. The van der Waals surface area contributed by atoms with Crippen LogP contribution in [0, 0.1) is 5.92 Å². The average Bonchev–Trinajstić information content (AvgIpc) is 2.73. The third-order valence-electron chi connectivity index (χ3n) is 6.63. The van der Waals surface area contributed by atoms with Crippen molar-refractivity contribution in [3.63, 3.8) is 0 Å². The standard InChI is InChI=1S/C23H36N2O4/c1-4-5-13-24-21(26)16-25-14-12-23(27)11-7-6-8-19(23)22(25)18-15-17(28-2)9-10-20(18)29-3/h9-10,15,19,22,27H,4-8,11-14,16H2,1-3H3,(H,24,26)/t19-,22+,23+/m0/s1. The van der Waals surface area contributed by atoms with Crippen LogP contribution in [-0.2, 0) is 4.79 Å². The second-order valence-electron chi connectivity index (χ2n) is 8.43. The molecule has 0 unspecified atom stereocenters. The lowest BCUT2D eigenvalue weighted by Gasteiger charge is -2.52. The smallest absolute Gasteiger partial charge is 0.234 e. The number of carbonyl (C=O) groups excluding carboxylic acids is 1. The van der Waals surface area contributed by atoms with Gasteiger partial charge in [-0.2, -0.15) is 0 Å². The summed E-state index contributed by atoms with van der Waals surface area (Å²) in [5.74, 6) is 1.67. The van der Waals surface area contributed by atoms with Crippen molar-refractivity contribution in [3.05, 3.63) is 23.8 Å². The van der Waals surface area contributed by atoms with Gasteiger partial charge >= 0.3 is 0 Å². The molecule has 2 aliphatic rings. The number of carbonyl (C=O) groups is 1. The number of likely N-dealkylation sites (tertiary alicyclic amines) is 1. The minimum Gasteiger partial charge on any atom is -0.497 e. The van der Waals surface area contributed by atoms with Gasteiger partial charge < -0.3 is 19.9 Å². The summed E-state index contributed by atoms with van der Waals surface area (Å²) in [6, 6.07) is 5.74. The van der Waals surface area contributed by atoms with Crippen LogP contribution >= 0.6 is 0 Å². The van der Waals surface area contributed by atoms with Crippen molar-refractivity contribution in [2.75, 3.05) is 33.9 Å². The maximum absolute atomic E-state index is 12.6. The second kappa shape index (κ2) is 9.81. The number of methoxy groups -OCH3 is 2. The third kappa shape index (κ3) is 4.86. The summed E-state index contributed by atoms with van der Waals surface area (Å²) in [7, 11) is 3.32. The van der Waals surface area contributed by atoms with Gasteiger partial charge in [0.15, 0.2) is 0 Å². The van der Waals surface area contributed by atoms with Crippen LogP contribution in [0.3, 0.4) is 0 Å². The zero-order chi connectivity index (χ0) is 20.9. The molecule has 1 saturated heterocycles. The first kappa shape index (κ1) is 21.9. The minimum absolute atomic E-state index is 0.0477. The van der Waals surface area contributed by atoms with Crippen LogP contribution in [0.15, 0.2) is 18.2 Å². The van der Waals surface area contributed by atoms with E-state index in [9.17, 15) is 9.90 Å². The van der Waals surface area contributed by atoms with Crippen LogP contribution in [0.1, 0.15) is 63.5 Å². The molecule has 1 heterocycles.